The first kappa shape index (κ1) is 20.6. The van der Waals surface area contributed by atoms with Gasteiger partial charge in [0.25, 0.3) is 0 Å². The Morgan fingerprint density at radius 1 is 1.28 bits per heavy atom. The van der Waals surface area contributed by atoms with Crippen LogP contribution in [0.25, 0.3) is 16.8 Å². The predicted molar refractivity (Wildman–Crippen MR) is 109 cm³/mol. The Balaban J connectivity index is 1.93. The van der Waals surface area contributed by atoms with E-state index in [0.717, 1.165) is 16.9 Å². The van der Waals surface area contributed by atoms with E-state index in [1.807, 2.05) is 41.4 Å². The summed E-state index contributed by atoms with van der Waals surface area (Å²) in [6.07, 6.45) is 3.59. The van der Waals surface area contributed by atoms with Crippen molar-refractivity contribution in [1.82, 2.24) is 14.6 Å². The second-order valence-electron chi connectivity index (χ2n) is 6.40. The van der Waals surface area contributed by atoms with Gasteiger partial charge >= 0.3 is 5.97 Å². The molecule has 29 heavy (non-hydrogen) atoms. The zero-order valence-corrected chi connectivity index (χ0v) is 16.3. The van der Waals surface area contributed by atoms with Gasteiger partial charge in [-0.05, 0) is 23.8 Å². The van der Waals surface area contributed by atoms with Gasteiger partial charge in [0, 0.05) is 38.5 Å². The quantitative estimate of drug-likeness (QED) is 0.500. The molecule has 0 bridgehead atoms. The largest absolute Gasteiger partial charge is 0.492 e. The molecule has 9 nitrogen and oxygen atoms in total. The first-order valence-corrected chi connectivity index (χ1v) is 9.35. The molecule has 0 atom stereocenters. The number of methoxy groups -OCH3 is 1. The summed E-state index contributed by atoms with van der Waals surface area (Å²) in [5.74, 6) is 0.549. The van der Waals surface area contributed by atoms with Crippen molar-refractivity contribution in [2.45, 2.75) is 6.42 Å². The SMILES string of the molecule is COCCN(CCC(=O)O)c1ccn2ncc(-c3cccc(OCCN)c3)c2n1. The third-order valence-electron chi connectivity index (χ3n) is 4.37. The summed E-state index contributed by atoms with van der Waals surface area (Å²) in [5.41, 5.74) is 7.97. The van der Waals surface area contributed by atoms with Crippen LogP contribution >= 0.6 is 0 Å². The number of carbonyl (C=O) groups is 1. The molecular formula is C20H25N5O4. The number of rotatable bonds is 11. The number of nitrogens with two attached hydrogens (primary N) is 1. The Kier molecular flexibility index (Phi) is 6.99. The van der Waals surface area contributed by atoms with Crippen molar-refractivity contribution in [3.8, 4) is 16.9 Å². The van der Waals surface area contributed by atoms with Crippen molar-refractivity contribution in [3.63, 3.8) is 0 Å². The molecule has 2 heterocycles. The lowest BCUT2D eigenvalue weighted by Crippen LogP contribution is -2.30. The molecule has 0 unspecified atom stereocenters. The molecule has 0 aliphatic heterocycles. The minimum atomic E-state index is -0.854. The molecule has 0 saturated carbocycles. The number of fused-ring (bicyclic) bond motifs is 1. The summed E-state index contributed by atoms with van der Waals surface area (Å²) in [5, 5.41) is 13.4. The molecule has 0 fully saturated rings. The highest BCUT2D eigenvalue weighted by atomic mass is 16.5. The Labute approximate surface area is 168 Å². The number of carboxylic acids is 1. The van der Waals surface area contributed by atoms with E-state index in [1.165, 1.54) is 0 Å². The van der Waals surface area contributed by atoms with Gasteiger partial charge in [0.2, 0.25) is 0 Å². The molecule has 154 valence electrons. The van der Waals surface area contributed by atoms with Crippen LogP contribution in [0.4, 0.5) is 5.82 Å². The smallest absolute Gasteiger partial charge is 0.305 e. The minimum Gasteiger partial charge on any atom is -0.492 e. The Morgan fingerprint density at radius 2 is 2.14 bits per heavy atom. The van der Waals surface area contributed by atoms with E-state index in [-0.39, 0.29) is 6.42 Å². The fourth-order valence-corrected chi connectivity index (χ4v) is 2.94. The molecule has 0 saturated heterocycles. The Hall–Kier alpha value is -3.17. The molecule has 3 rings (SSSR count). The van der Waals surface area contributed by atoms with Crippen molar-refractivity contribution in [1.29, 1.82) is 0 Å². The molecule has 1 aromatic carbocycles. The summed E-state index contributed by atoms with van der Waals surface area (Å²) < 4.78 is 12.5. The van der Waals surface area contributed by atoms with E-state index in [4.69, 9.17) is 25.3 Å². The van der Waals surface area contributed by atoms with Crippen molar-refractivity contribution in [2.75, 3.05) is 44.9 Å². The van der Waals surface area contributed by atoms with E-state index >= 15 is 0 Å². The van der Waals surface area contributed by atoms with Crippen LogP contribution in [0.1, 0.15) is 6.42 Å². The Morgan fingerprint density at radius 3 is 2.90 bits per heavy atom. The van der Waals surface area contributed by atoms with Crippen LogP contribution in [0.5, 0.6) is 5.75 Å². The lowest BCUT2D eigenvalue weighted by atomic mass is 10.1. The average Bonchev–Trinajstić information content (AvgIpc) is 3.15. The number of carboxylic acid groups (broad SMARTS) is 1. The molecule has 3 aromatic rings. The summed E-state index contributed by atoms with van der Waals surface area (Å²) in [6.45, 7) is 2.24. The highest BCUT2D eigenvalue weighted by molar-refractivity contribution is 5.78. The van der Waals surface area contributed by atoms with Crippen LogP contribution < -0.4 is 15.4 Å². The topological polar surface area (TPSA) is 115 Å². The molecular weight excluding hydrogens is 374 g/mol. The van der Waals surface area contributed by atoms with E-state index in [9.17, 15) is 4.79 Å². The number of ether oxygens (including phenoxy) is 2. The normalized spacial score (nSPS) is 11.0. The van der Waals surface area contributed by atoms with Crippen LogP contribution in [0.3, 0.4) is 0 Å². The van der Waals surface area contributed by atoms with E-state index < -0.39 is 5.97 Å². The molecule has 9 heteroatoms. The molecule has 0 aliphatic carbocycles. The molecule has 2 aromatic heterocycles. The van der Waals surface area contributed by atoms with Gasteiger partial charge in [-0.1, -0.05) is 12.1 Å². The summed E-state index contributed by atoms with van der Waals surface area (Å²) in [7, 11) is 1.61. The van der Waals surface area contributed by atoms with Crippen molar-refractivity contribution < 1.29 is 19.4 Å². The molecule has 0 spiro atoms. The van der Waals surface area contributed by atoms with Crippen LogP contribution in [0.15, 0.2) is 42.7 Å². The second kappa shape index (κ2) is 9.85. The zero-order valence-electron chi connectivity index (χ0n) is 16.3. The predicted octanol–water partition coefficient (Wildman–Crippen LogP) is 1.66. The van der Waals surface area contributed by atoms with Crippen LogP contribution in [-0.4, -0.2) is 65.6 Å². The van der Waals surface area contributed by atoms with E-state index in [1.54, 1.807) is 17.8 Å². The van der Waals surface area contributed by atoms with Gasteiger partial charge in [-0.25, -0.2) is 9.50 Å². The maximum Gasteiger partial charge on any atom is 0.305 e. The number of anilines is 1. The lowest BCUT2D eigenvalue weighted by molar-refractivity contribution is -0.136. The highest BCUT2D eigenvalue weighted by Crippen LogP contribution is 2.28. The van der Waals surface area contributed by atoms with Crippen LogP contribution in [-0.2, 0) is 9.53 Å². The minimum absolute atomic E-state index is 0.0171. The van der Waals surface area contributed by atoms with Gasteiger partial charge in [-0.15, -0.1) is 0 Å². The van der Waals surface area contributed by atoms with Crippen molar-refractivity contribution in [3.05, 3.63) is 42.7 Å². The van der Waals surface area contributed by atoms with E-state index in [0.29, 0.717) is 44.3 Å². The number of hydrogen-bond acceptors (Lipinski definition) is 7. The standard InChI is InChI=1S/C20H25N5O4/c1-28-12-10-24(8-6-19(26)27)18-5-9-25-20(23-18)17(14-22-25)15-3-2-4-16(13-15)29-11-7-21/h2-5,9,13-14H,6-8,10-12,21H2,1H3,(H,26,27). The van der Waals surface area contributed by atoms with Gasteiger partial charge in [-0.3, -0.25) is 4.79 Å². The number of nitrogens with zero attached hydrogens (tertiary/aromatic N) is 4. The third kappa shape index (κ3) is 5.21. The monoisotopic (exact) mass is 399 g/mol. The molecule has 3 N–H and O–H groups in total. The first-order valence-electron chi connectivity index (χ1n) is 9.35. The maximum atomic E-state index is 11.0. The summed E-state index contributed by atoms with van der Waals surface area (Å²) >= 11 is 0. The van der Waals surface area contributed by atoms with Gasteiger partial charge in [-0.2, -0.15) is 5.10 Å². The molecule has 0 aliphatic rings. The van der Waals surface area contributed by atoms with Gasteiger partial charge in [0.1, 0.15) is 18.2 Å². The zero-order chi connectivity index (χ0) is 20.6. The molecule has 0 radical (unpaired) electrons. The summed E-state index contributed by atoms with van der Waals surface area (Å²) in [4.78, 5) is 17.7. The van der Waals surface area contributed by atoms with Gasteiger partial charge in [0.15, 0.2) is 5.65 Å². The average molecular weight is 399 g/mol. The number of benzene rings is 1. The first-order chi connectivity index (χ1) is 14.1. The fraction of sp³-hybridized carbons (Fsp3) is 0.350. The molecule has 0 amide bonds. The van der Waals surface area contributed by atoms with E-state index in [2.05, 4.69) is 5.10 Å². The number of aromatic nitrogens is 3. The van der Waals surface area contributed by atoms with Crippen LogP contribution in [0, 0.1) is 0 Å². The van der Waals surface area contributed by atoms with Crippen molar-refractivity contribution in [2.24, 2.45) is 5.73 Å². The summed E-state index contributed by atoms with van der Waals surface area (Å²) in [6, 6.07) is 9.50. The lowest BCUT2D eigenvalue weighted by Gasteiger charge is -2.22. The van der Waals surface area contributed by atoms with Crippen LogP contribution in [0.2, 0.25) is 0 Å². The second-order valence-corrected chi connectivity index (χ2v) is 6.40. The third-order valence-corrected chi connectivity index (χ3v) is 4.37. The van der Waals surface area contributed by atoms with Gasteiger partial charge < -0.3 is 25.2 Å². The highest BCUT2D eigenvalue weighted by Gasteiger charge is 2.14. The maximum absolute atomic E-state index is 11.0. The Bertz CT molecular complexity index is 959. The van der Waals surface area contributed by atoms with Crippen molar-refractivity contribution >= 4 is 17.4 Å². The van der Waals surface area contributed by atoms with Gasteiger partial charge in [0.05, 0.1) is 19.2 Å². The number of aliphatic carboxylic acids is 1. The number of hydrogen-bond donors (Lipinski definition) is 2. The fourth-order valence-electron chi connectivity index (χ4n) is 2.94.